The summed E-state index contributed by atoms with van der Waals surface area (Å²) in [5.41, 5.74) is 8.64. The third kappa shape index (κ3) is 31.0. The number of nitrogens with two attached hydrogens (primary N) is 1. The first-order valence-electron chi connectivity index (χ1n) is 23.5. The molecule has 0 saturated heterocycles. The molecule has 0 aliphatic carbocycles. The number of aryl methyl sites for hydroxylation is 1. The number of hydrogen-bond donors (Lipinski definition) is 3. The fraction of sp³-hybridized carbons (Fsp3) is 0.714. The van der Waals surface area contributed by atoms with Gasteiger partial charge in [0.1, 0.15) is 13.2 Å². The third-order valence-electron chi connectivity index (χ3n) is 10.6. The van der Waals surface area contributed by atoms with Gasteiger partial charge in [-0.3, -0.25) is 19.2 Å². The number of esters is 2. The van der Waals surface area contributed by atoms with Crippen LogP contribution in [0.1, 0.15) is 148 Å². The molecule has 0 amide bonds. The number of nitrogen functional groups attached to an aromatic ring is 1. The zero-order chi connectivity index (χ0) is 45.5. The number of ether oxygens (including phenoxy) is 5. The molecular formula is C49H82N2O11. The van der Waals surface area contributed by atoms with Gasteiger partial charge in [-0.15, -0.1) is 0 Å². The Morgan fingerprint density at radius 2 is 0.984 bits per heavy atom. The minimum atomic E-state index is -1.01. The van der Waals surface area contributed by atoms with Crippen molar-refractivity contribution in [2.75, 3.05) is 76.6 Å². The Bertz CT molecular complexity index is 1390. The summed E-state index contributed by atoms with van der Waals surface area (Å²) in [5.74, 6) is -4.78. The van der Waals surface area contributed by atoms with Gasteiger partial charge in [0.05, 0.1) is 64.3 Å². The number of carbonyl (C=O) groups excluding carboxylic acids is 2. The number of nitrogens with zero attached hydrogens (tertiary/aromatic N) is 1. The molecule has 62 heavy (non-hydrogen) atoms. The average molecular weight is 875 g/mol. The molecule has 1 aromatic rings. The van der Waals surface area contributed by atoms with E-state index in [1.165, 1.54) is 77.0 Å². The zero-order valence-corrected chi connectivity index (χ0v) is 38.5. The molecular weight excluding hydrogens is 793 g/mol. The minimum absolute atomic E-state index is 0.0302. The van der Waals surface area contributed by atoms with Crippen molar-refractivity contribution in [1.29, 1.82) is 0 Å². The van der Waals surface area contributed by atoms with Crippen LogP contribution in [0.3, 0.4) is 0 Å². The van der Waals surface area contributed by atoms with E-state index in [0.29, 0.717) is 58.0 Å². The van der Waals surface area contributed by atoms with Gasteiger partial charge in [-0.25, -0.2) is 0 Å². The predicted molar refractivity (Wildman–Crippen MR) is 246 cm³/mol. The molecule has 354 valence electrons. The first kappa shape index (κ1) is 56.1. The summed E-state index contributed by atoms with van der Waals surface area (Å²) in [6.45, 7) is 9.25. The fourth-order valence-electron chi connectivity index (χ4n) is 6.69. The first-order valence-corrected chi connectivity index (χ1v) is 23.5. The summed E-state index contributed by atoms with van der Waals surface area (Å²) in [4.78, 5) is 50.2. The van der Waals surface area contributed by atoms with E-state index in [4.69, 9.17) is 29.4 Å². The number of carbonyl (C=O) groups is 4. The zero-order valence-electron chi connectivity index (χ0n) is 38.5. The highest BCUT2D eigenvalue weighted by molar-refractivity contribution is 5.79. The van der Waals surface area contributed by atoms with E-state index in [-0.39, 0.29) is 39.3 Å². The van der Waals surface area contributed by atoms with E-state index in [2.05, 4.69) is 18.7 Å². The number of carboxylic acid groups (broad SMARTS) is 2. The predicted octanol–water partition coefficient (Wildman–Crippen LogP) is 9.88. The highest BCUT2D eigenvalue weighted by Gasteiger charge is 2.22. The molecule has 13 heteroatoms. The fourth-order valence-corrected chi connectivity index (χ4v) is 6.69. The molecule has 0 aromatic heterocycles. The van der Waals surface area contributed by atoms with Crippen molar-refractivity contribution in [2.24, 2.45) is 11.8 Å². The summed E-state index contributed by atoms with van der Waals surface area (Å²) >= 11 is 0. The Morgan fingerprint density at radius 3 is 1.40 bits per heavy atom. The summed E-state index contributed by atoms with van der Waals surface area (Å²) in [6, 6.07) is 5.79. The largest absolute Gasteiger partial charge is 0.481 e. The van der Waals surface area contributed by atoms with Crippen molar-refractivity contribution in [2.45, 2.75) is 149 Å². The number of allylic oxidation sites excluding steroid dienone is 4. The van der Waals surface area contributed by atoms with Crippen molar-refractivity contribution in [3.05, 3.63) is 48.1 Å². The standard InChI is InChI=1S/C49H82N2O11/c1-4-6-8-10-12-14-16-18-20-22-24-42(48(54)55)39-46(52)61-36-34-59-31-29-51(44-26-27-45(50)41(3)38-44)28-30-58-32-33-60-35-37-62-47(53)40-43(49(56)57)25-23-21-19-17-15-13-11-9-7-5-2/h20-23,26-27,38,42-43H,4-19,24-25,28-37,39-40,50H2,1-3H3,(H,54,55)(H,56,57)/b22-20+,23-21+. The Labute approximate surface area is 373 Å². The molecule has 1 aromatic carbocycles. The number of hydrogen-bond acceptors (Lipinski definition) is 11. The summed E-state index contributed by atoms with van der Waals surface area (Å²) < 4.78 is 27.6. The van der Waals surface area contributed by atoms with Crippen LogP contribution in [-0.2, 0) is 42.9 Å². The molecule has 0 spiro atoms. The SMILES string of the molecule is CCCCCCCCC/C=C/CC(CC(=O)OCCOCCOCCN(CCOCCOC(=O)CC(C/C=C/CCCCCCCCC)C(=O)O)c1ccc(N)c(C)c1)C(=O)O. The van der Waals surface area contributed by atoms with E-state index in [1.807, 2.05) is 49.4 Å². The summed E-state index contributed by atoms with van der Waals surface area (Å²) in [5, 5.41) is 19.2. The Hall–Kier alpha value is -3.94. The maximum atomic E-state index is 12.4. The molecule has 13 nitrogen and oxygen atoms in total. The van der Waals surface area contributed by atoms with Gasteiger partial charge in [-0.2, -0.15) is 0 Å². The van der Waals surface area contributed by atoms with E-state index in [1.54, 1.807) is 0 Å². The van der Waals surface area contributed by atoms with Crippen LogP contribution in [0, 0.1) is 18.8 Å². The maximum Gasteiger partial charge on any atom is 0.307 e. The van der Waals surface area contributed by atoms with Crippen LogP contribution in [0.2, 0.25) is 0 Å². The molecule has 0 radical (unpaired) electrons. The van der Waals surface area contributed by atoms with Crippen LogP contribution in [0.25, 0.3) is 0 Å². The van der Waals surface area contributed by atoms with Crippen LogP contribution in [0.5, 0.6) is 0 Å². The summed E-state index contributed by atoms with van der Waals surface area (Å²) in [6.07, 6.45) is 27.0. The second-order valence-corrected chi connectivity index (χ2v) is 16.0. The molecule has 0 fully saturated rings. The smallest absolute Gasteiger partial charge is 0.307 e. The second kappa shape index (κ2) is 38.7. The summed E-state index contributed by atoms with van der Waals surface area (Å²) in [7, 11) is 0. The monoisotopic (exact) mass is 875 g/mol. The topological polar surface area (TPSA) is 184 Å². The van der Waals surface area contributed by atoms with Gasteiger partial charge in [0.2, 0.25) is 0 Å². The van der Waals surface area contributed by atoms with Crippen LogP contribution < -0.4 is 10.6 Å². The van der Waals surface area contributed by atoms with Gasteiger partial charge in [0.15, 0.2) is 0 Å². The molecule has 0 heterocycles. The van der Waals surface area contributed by atoms with Crippen molar-refractivity contribution in [3.63, 3.8) is 0 Å². The molecule has 0 bridgehead atoms. The lowest BCUT2D eigenvalue weighted by atomic mass is 10.0. The van der Waals surface area contributed by atoms with Gasteiger partial charge in [0.25, 0.3) is 0 Å². The van der Waals surface area contributed by atoms with E-state index in [9.17, 15) is 29.4 Å². The molecule has 0 aliphatic heterocycles. The van der Waals surface area contributed by atoms with Crippen molar-refractivity contribution >= 4 is 35.3 Å². The van der Waals surface area contributed by atoms with Gasteiger partial charge < -0.3 is 44.5 Å². The van der Waals surface area contributed by atoms with Crippen LogP contribution >= 0.6 is 0 Å². The molecule has 4 N–H and O–H groups in total. The molecule has 2 atom stereocenters. The van der Waals surface area contributed by atoms with Crippen LogP contribution in [0.15, 0.2) is 42.5 Å². The molecule has 2 unspecified atom stereocenters. The lowest BCUT2D eigenvalue weighted by Gasteiger charge is -2.25. The molecule has 0 aliphatic rings. The number of carboxylic acids is 2. The average Bonchev–Trinajstić information content (AvgIpc) is 3.24. The second-order valence-electron chi connectivity index (χ2n) is 16.0. The van der Waals surface area contributed by atoms with Crippen LogP contribution in [0.4, 0.5) is 11.4 Å². The van der Waals surface area contributed by atoms with Gasteiger partial charge in [-0.05, 0) is 69.2 Å². The van der Waals surface area contributed by atoms with Gasteiger partial charge in [-0.1, -0.05) is 115 Å². The Morgan fingerprint density at radius 1 is 0.581 bits per heavy atom. The molecule has 1 rings (SSSR count). The van der Waals surface area contributed by atoms with Crippen molar-refractivity contribution in [3.8, 4) is 0 Å². The van der Waals surface area contributed by atoms with Gasteiger partial charge in [0, 0.05) is 24.5 Å². The lowest BCUT2D eigenvalue weighted by Crippen LogP contribution is -2.31. The van der Waals surface area contributed by atoms with Crippen molar-refractivity contribution < 1.29 is 53.1 Å². The Balaban J connectivity index is 2.30. The van der Waals surface area contributed by atoms with Gasteiger partial charge >= 0.3 is 23.9 Å². The first-order chi connectivity index (χ1) is 30.1. The van der Waals surface area contributed by atoms with E-state index in [0.717, 1.165) is 36.9 Å². The number of aliphatic carboxylic acids is 2. The maximum absolute atomic E-state index is 12.4. The lowest BCUT2D eigenvalue weighted by molar-refractivity contribution is -0.152. The normalized spacial score (nSPS) is 12.5. The van der Waals surface area contributed by atoms with E-state index < -0.39 is 35.7 Å². The highest BCUT2D eigenvalue weighted by atomic mass is 16.6. The van der Waals surface area contributed by atoms with Crippen molar-refractivity contribution in [1.82, 2.24) is 0 Å². The molecule has 0 saturated carbocycles. The number of benzene rings is 1. The third-order valence-corrected chi connectivity index (χ3v) is 10.6. The van der Waals surface area contributed by atoms with Crippen LogP contribution in [-0.4, -0.2) is 100 Å². The Kier molecular flexibility index (Phi) is 35.0. The quantitative estimate of drug-likeness (QED) is 0.0244. The van der Waals surface area contributed by atoms with E-state index >= 15 is 0 Å². The highest BCUT2D eigenvalue weighted by Crippen LogP contribution is 2.21. The number of unbranched alkanes of at least 4 members (excludes halogenated alkanes) is 14. The number of anilines is 2. The number of rotatable bonds is 42. The minimum Gasteiger partial charge on any atom is -0.481 e.